The van der Waals surface area contributed by atoms with E-state index in [-0.39, 0.29) is 0 Å². The number of fused-ring (bicyclic) bond motifs is 8. The Bertz CT molecular complexity index is 2570. The van der Waals surface area contributed by atoms with Crippen LogP contribution in [0.3, 0.4) is 0 Å². The van der Waals surface area contributed by atoms with Gasteiger partial charge in [0.2, 0.25) is 0 Å². The van der Waals surface area contributed by atoms with Crippen molar-refractivity contribution in [2.24, 2.45) is 0 Å². The largest absolute Gasteiger partial charge is 0.386 e. The molecule has 2 unspecified atom stereocenters. The fraction of sp³-hybridized carbons (Fsp3) is 0.263. The summed E-state index contributed by atoms with van der Waals surface area (Å²) in [7, 11) is 0. The van der Waals surface area contributed by atoms with Crippen molar-refractivity contribution < 1.29 is 10.2 Å². The second-order valence-electron chi connectivity index (χ2n) is 13.5. The summed E-state index contributed by atoms with van der Waals surface area (Å²) in [6.45, 7) is 9.26. The number of aliphatic hydroxyl groups excluding tert-OH is 2. The fourth-order valence-electron chi connectivity index (χ4n) is 7.00. The molecule has 2 aliphatic heterocycles. The van der Waals surface area contributed by atoms with Crippen LogP contribution in [-0.2, 0) is 25.9 Å². The molecule has 2 aliphatic rings. The lowest BCUT2D eigenvalue weighted by Gasteiger charge is -2.05. The van der Waals surface area contributed by atoms with Crippen molar-refractivity contribution in [1.82, 2.24) is 58.3 Å². The third-order valence-electron chi connectivity index (χ3n) is 9.72. The van der Waals surface area contributed by atoms with E-state index in [2.05, 4.69) is 68.5 Å². The molecule has 0 saturated carbocycles. The summed E-state index contributed by atoms with van der Waals surface area (Å²) in [5.74, 6) is 2.86. The maximum atomic E-state index is 10.7. The normalized spacial score (nSPS) is 13.8. The Hall–Kier alpha value is -6.12. The molecule has 10 rings (SSSR count). The van der Waals surface area contributed by atoms with Gasteiger partial charge in [0.05, 0.1) is 34.2 Å². The number of hydrogen-bond donors (Lipinski definition) is 2. The van der Waals surface area contributed by atoms with Crippen LogP contribution in [0.1, 0.15) is 69.1 Å². The highest BCUT2D eigenvalue weighted by Gasteiger charge is 2.25. The molecule has 0 radical (unpaired) electrons. The van der Waals surface area contributed by atoms with Gasteiger partial charge in [-0.05, 0) is 38.8 Å². The quantitative estimate of drug-likeness (QED) is 0.254. The minimum atomic E-state index is -0.806. The van der Waals surface area contributed by atoms with E-state index in [4.69, 9.17) is 4.98 Å². The molecule has 0 bridgehead atoms. The summed E-state index contributed by atoms with van der Waals surface area (Å²) in [5, 5.41) is 30.3. The van der Waals surface area contributed by atoms with Gasteiger partial charge in [-0.15, -0.1) is 5.10 Å². The molecule has 2 N–H and O–H groups in total. The molecule has 2 aromatic carbocycles. The SMILES string of the molecule is Cc1ncc(C)n2nc(C(O)Cc3cn4c(n3)-c3ccccc3C4)nc12.Cc1ncc(C)n2nc(CC(O)c3cn4c(n3)-c3ccccc3C4)nc12. The Morgan fingerprint density at radius 2 is 1.21 bits per heavy atom. The topological polar surface area (TPSA) is 162 Å². The first-order valence-electron chi connectivity index (χ1n) is 17.2. The van der Waals surface area contributed by atoms with Crippen LogP contribution in [-0.4, -0.2) is 68.5 Å². The minimum absolute atomic E-state index is 0.318. The molecule has 260 valence electrons. The number of aromatic nitrogens is 12. The molecule has 0 fully saturated rings. The van der Waals surface area contributed by atoms with Gasteiger partial charge in [-0.2, -0.15) is 5.10 Å². The zero-order chi connectivity index (χ0) is 35.7. The van der Waals surface area contributed by atoms with Crippen LogP contribution >= 0.6 is 0 Å². The lowest BCUT2D eigenvalue weighted by atomic mass is 10.1. The van der Waals surface area contributed by atoms with E-state index in [1.165, 1.54) is 11.1 Å². The number of aliphatic hydroxyl groups is 2. The average molecular weight is 693 g/mol. The Labute approximate surface area is 298 Å². The van der Waals surface area contributed by atoms with Crippen molar-refractivity contribution in [3.8, 4) is 22.8 Å². The van der Waals surface area contributed by atoms with E-state index in [0.717, 1.165) is 70.0 Å². The molecule has 0 amide bonds. The molecule has 52 heavy (non-hydrogen) atoms. The van der Waals surface area contributed by atoms with Gasteiger partial charge in [-0.1, -0.05) is 48.5 Å². The molecular weight excluding hydrogens is 656 g/mol. The van der Waals surface area contributed by atoms with Crippen molar-refractivity contribution in [2.45, 2.75) is 65.8 Å². The van der Waals surface area contributed by atoms with E-state index < -0.39 is 12.2 Å². The molecule has 0 saturated heterocycles. The van der Waals surface area contributed by atoms with Crippen LogP contribution in [0.25, 0.3) is 34.1 Å². The standard InChI is InChI=1S/2C19H18N6O/c1-11-8-20-12(2)18-22-17(23-25(11)18)16(26)7-14-10-24-9-13-5-3-4-6-15(13)19(24)21-14;1-11-8-20-12(2)18-22-17(23-25(11)18)7-16(26)15-10-24-9-13-5-3-4-6-14(13)19(24)21-15/h2*3-6,8,10,16,26H,7,9H2,1-2H3. The third kappa shape index (κ3) is 5.43. The van der Waals surface area contributed by atoms with Gasteiger partial charge in [0, 0.05) is 61.8 Å². The van der Waals surface area contributed by atoms with Gasteiger partial charge in [0.25, 0.3) is 0 Å². The second kappa shape index (κ2) is 12.3. The predicted octanol–water partition coefficient (Wildman–Crippen LogP) is 4.48. The van der Waals surface area contributed by atoms with E-state index in [0.29, 0.717) is 35.8 Å². The summed E-state index contributed by atoms with van der Waals surface area (Å²) in [4.78, 5) is 27.0. The maximum Gasteiger partial charge on any atom is 0.180 e. The van der Waals surface area contributed by atoms with Gasteiger partial charge < -0.3 is 19.3 Å². The Morgan fingerprint density at radius 3 is 1.85 bits per heavy atom. The van der Waals surface area contributed by atoms with Crippen LogP contribution in [0, 0.1) is 27.7 Å². The smallest absolute Gasteiger partial charge is 0.180 e. The number of nitrogens with zero attached hydrogens (tertiary/aromatic N) is 12. The van der Waals surface area contributed by atoms with E-state index in [1.54, 1.807) is 21.4 Å². The highest BCUT2D eigenvalue weighted by molar-refractivity contribution is 5.66. The Kier molecular flexibility index (Phi) is 7.52. The molecule has 0 spiro atoms. The number of imidazole rings is 2. The first-order chi connectivity index (χ1) is 25.2. The van der Waals surface area contributed by atoms with Crippen LogP contribution in [0.15, 0.2) is 73.3 Å². The van der Waals surface area contributed by atoms with E-state index >= 15 is 0 Å². The number of hydrogen-bond acceptors (Lipinski definition) is 10. The number of rotatable bonds is 6. The zero-order valence-electron chi connectivity index (χ0n) is 29.2. The van der Waals surface area contributed by atoms with E-state index in [1.807, 2.05) is 64.4 Å². The van der Waals surface area contributed by atoms with Crippen molar-refractivity contribution in [2.75, 3.05) is 0 Å². The van der Waals surface area contributed by atoms with Crippen molar-refractivity contribution in [1.29, 1.82) is 0 Å². The Morgan fingerprint density at radius 1 is 0.635 bits per heavy atom. The summed E-state index contributed by atoms with van der Waals surface area (Å²) in [6, 6.07) is 16.5. The molecule has 14 nitrogen and oxygen atoms in total. The van der Waals surface area contributed by atoms with E-state index in [9.17, 15) is 10.2 Å². The van der Waals surface area contributed by atoms with Gasteiger partial charge in [-0.25, -0.2) is 29.0 Å². The summed E-state index contributed by atoms with van der Waals surface area (Å²) < 4.78 is 7.71. The lowest BCUT2D eigenvalue weighted by molar-refractivity contribution is 0.167. The molecule has 0 aliphatic carbocycles. The highest BCUT2D eigenvalue weighted by atomic mass is 16.3. The average Bonchev–Trinajstić information content (AvgIpc) is 3.98. The van der Waals surface area contributed by atoms with Crippen molar-refractivity contribution in [3.63, 3.8) is 0 Å². The van der Waals surface area contributed by atoms with Crippen LogP contribution in [0.2, 0.25) is 0 Å². The predicted molar refractivity (Wildman–Crippen MR) is 191 cm³/mol. The zero-order valence-corrected chi connectivity index (χ0v) is 29.2. The summed E-state index contributed by atoms with van der Waals surface area (Å²) in [5.41, 5.74) is 11.1. The van der Waals surface area contributed by atoms with Gasteiger partial charge in [0.15, 0.2) is 22.9 Å². The first-order valence-corrected chi connectivity index (χ1v) is 17.2. The lowest BCUT2D eigenvalue weighted by Crippen LogP contribution is -2.05. The van der Waals surface area contributed by atoms with Gasteiger partial charge >= 0.3 is 0 Å². The third-order valence-corrected chi connectivity index (χ3v) is 9.72. The highest BCUT2D eigenvalue weighted by Crippen LogP contribution is 2.33. The summed E-state index contributed by atoms with van der Waals surface area (Å²) >= 11 is 0. The number of benzene rings is 2. The van der Waals surface area contributed by atoms with Crippen LogP contribution in [0.5, 0.6) is 0 Å². The monoisotopic (exact) mass is 692 g/mol. The summed E-state index contributed by atoms with van der Waals surface area (Å²) in [6.07, 6.45) is 6.61. The molecular formula is C38H36N12O2. The second-order valence-corrected chi connectivity index (χ2v) is 13.5. The molecule has 6 aromatic heterocycles. The minimum Gasteiger partial charge on any atom is -0.386 e. The molecule has 2 atom stereocenters. The van der Waals surface area contributed by atoms with Crippen molar-refractivity contribution >= 4 is 11.3 Å². The van der Waals surface area contributed by atoms with Gasteiger partial charge in [0.1, 0.15) is 23.9 Å². The van der Waals surface area contributed by atoms with Gasteiger partial charge in [-0.3, -0.25) is 9.97 Å². The Balaban J connectivity index is 0.000000138. The fourth-order valence-corrected chi connectivity index (χ4v) is 7.00. The number of aryl methyl sites for hydroxylation is 4. The molecule has 8 aromatic rings. The van der Waals surface area contributed by atoms with Crippen LogP contribution < -0.4 is 0 Å². The first kappa shape index (κ1) is 31.8. The van der Waals surface area contributed by atoms with Crippen LogP contribution in [0.4, 0.5) is 0 Å². The molecule has 14 heteroatoms. The maximum absolute atomic E-state index is 10.7. The molecule has 8 heterocycles. The van der Waals surface area contributed by atoms with Crippen molar-refractivity contribution in [3.05, 3.63) is 130 Å².